The first-order valence-corrected chi connectivity index (χ1v) is 6.54. The Morgan fingerprint density at radius 2 is 1.47 bits per heavy atom. The van der Waals surface area contributed by atoms with Gasteiger partial charge in [0.1, 0.15) is 0 Å². The normalized spacial score (nSPS) is 14.2. The number of rotatable bonds is 8. The molecule has 1 atom stereocenters. The average molecular weight is 214 g/mol. The standard InChI is InChI=1S/C13H30N2/c1-6-12(14)10-15(9-11(4)5)13(7-2)8-3/h11-13H,6-10,14H2,1-5H3. The second-order valence-electron chi connectivity index (χ2n) is 4.99. The summed E-state index contributed by atoms with van der Waals surface area (Å²) in [6.45, 7) is 13.5. The highest BCUT2D eigenvalue weighted by Gasteiger charge is 2.17. The average Bonchev–Trinajstić information content (AvgIpc) is 2.18. The first kappa shape index (κ1) is 14.9. The molecule has 1 unspecified atom stereocenters. The van der Waals surface area contributed by atoms with Crippen LogP contribution in [-0.2, 0) is 0 Å². The van der Waals surface area contributed by atoms with E-state index in [0.29, 0.717) is 12.1 Å². The van der Waals surface area contributed by atoms with E-state index in [1.165, 1.54) is 19.4 Å². The molecule has 0 bridgehead atoms. The molecule has 0 saturated carbocycles. The Bertz CT molecular complexity index is 141. The van der Waals surface area contributed by atoms with Crippen molar-refractivity contribution in [3.63, 3.8) is 0 Å². The Morgan fingerprint density at radius 1 is 0.933 bits per heavy atom. The molecule has 2 N–H and O–H groups in total. The maximum atomic E-state index is 6.06. The quantitative estimate of drug-likeness (QED) is 0.673. The summed E-state index contributed by atoms with van der Waals surface area (Å²) in [5.41, 5.74) is 6.06. The highest BCUT2D eigenvalue weighted by atomic mass is 15.2. The highest BCUT2D eigenvalue weighted by molar-refractivity contribution is 4.74. The van der Waals surface area contributed by atoms with Crippen molar-refractivity contribution in [2.45, 2.75) is 66.0 Å². The van der Waals surface area contributed by atoms with Crippen LogP contribution in [0, 0.1) is 5.92 Å². The molecular weight excluding hydrogens is 184 g/mol. The molecule has 0 saturated heterocycles. The van der Waals surface area contributed by atoms with Gasteiger partial charge in [0.15, 0.2) is 0 Å². The lowest BCUT2D eigenvalue weighted by atomic mass is 10.1. The molecule has 0 aliphatic carbocycles. The Labute approximate surface area is 96.2 Å². The van der Waals surface area contributed by atoms with Crippen LogP contribution in [0.1, 0.15) is 53.9 Å². The van der Waals surface area contributed by atoms with Gasteiger partial charge in [-0.1, -0.05) is 34.6 Å². The zero-order valence-electron chi connectivity index (χ0n) is 11.3. The summed E-state index contributed by atoms with van der Waals surface area (Å²) in [6.07, 6.45) is 3.55. The lowest BCUT2D eigenvalue weighted by Gasteiger charge is -2.33. The molecule has 92 valence electrons. The fraction of sp³-hybridized carbons (Fsp3) is 1.00. The second kappa shape index (κ2) is 8.12. The van der Waals surface area contributed by atoms with Crippen molar-refractivity contribution < 1.29 is 0 Å². The molecule has 15 heavy (non-hydrogen) atoms. The third kappa shape index (κ3) is 6.16. The maximum absolute atomic E-state index is 6.06. The van der Waals surface area contributed by atoms with Gasteiger partial charge in [0.25, 0.3) is 0 Å². The van der Waals surface area contributed by atoms with Crippen molar-refractivity contribution in [3.05, 3.63) is 0 Å². The fourth-order valence-corrected chi connectivity index (χ4v) is 2.08. The largest absolute Gasteiger partial charge is 0.327 e. The van der Waals surface area contributed by atoms with Gasteiger partial charge in [0.05, 0.1) is 0 Å². The topological polar surface area (TPSA) is 29.3 Å². The van der Waals surface area contributed by atoms with Gasteiger partial charge in [0.2, 0.25) is 0 Å². The molecule has 0 heterocycles. The molecule has 0 aromatic heterocycles. The lowest BCUT2D eigenvalue weighted by Crippen LogP contribution is -2.44. The monoisotopic (exact) mass is 214 g/mol. The maximum Gasteiger partial charge on any atom is 0.0165 e. The first-order valence-electron chi connectivity index (χ1n) is 6.54. The van der Waals surface area contributed by atoms with Gasteiger partial charge >= 0.3 is 0 Å². The van der Waals surface area contributed by atoms with Crippen LogP contribution in [0.5, 0.6) is 0 Å². The Morgan fingerprint density at radius 3 is 1.80 bits per heavy atom. The van der Waals surface area contributed by atoms with Crippen LogP contribution in [0.4, 0.5) is 0 Å². The van der Waals surface area contributed by atoms with Gasteiger partial charge < -0.3 is 5.73 Å². The van der Waals surface area contributed by atoms with Gasteiger partial charge in [0, 0.05) is 25.2 Å². The number of hydrogen-bond acceptors (Lipinski definition) is 2. The van der Waals surface area contributed by atoms with Gasteiger partial charge in [-0.3, -0.25) is 4.90 Å². The van der Waals surface area contributed by atoms with Crippen molar-refractivity contribution in [3.8, 4) is 0 Å². The lowest BCUT2D eigenvalue weighted by molar-refractivity contribution is 0.155. The first-order chi connectivity index (χ1) is 7.04. The SMILES string of the molecule is CCC(N)CN(CC(C)C)C(CC)CC. The van der Waals surface area contributed by atoms with E-state index in [2.05, 4.69) is 39.5 Å². The van der Waals surface area contributed by atoms with Gasteiger partial charge in [-0.05, 0) is 25.2 Å². The van der Waals surface area contributed by atoms with E-state index in [1.54, 1.807) is 0 Å². The van der Waals surface area contributed by atoms with Crippen molar-refractivity contribution in [1.82, 2.24) is 4.90 Å². The van der Waals surface area contributed by atoms with Crippen LogP contribution >= 0.6 is 0 Å². The predicted molar refractivity (Wildman–Crippen MR) is 69.0 cm³/mol. The molecule has 0 rings (SSSR count). The van der Waals surface area contributed by atoms with Crippen molar-refractivity contribution in [1.29, 1.82) is 0 Å². The van der Waals surface area contributed by atoms with Gasteiger partial charge in [-0.15, -0.1) is 0 Å². The predicted octanol–water partition coefficient (Wildman–Crippen LogP) is 2.87. The highest BCUT2D eigenvalue weighted by Crippen LogP contribution is 2.12. The molecule has 0 aromatic rings. The molecular formula is C13H30N2. The molecule has 2 heteroatoms. The summed E-state index contributed by atoms with van der Waals surface area (Å²) in [6, 6.07) is 1.05. The smallest absolute Gasteiger partial charge is 0.0165 e. The zero-order chi connectivity index (χ0) is 11.8. The van der Waals surface area contributed by atoms with E-state index in [9.17, 15) is 0 Å². The Balaban J connectivity index is 4.27. The second-order valence-corrected chi connectivity index (χ2v) is 4.99. The minimum atomic E-state index is 0.337. The molecule has 0 radical (unpaired) electrons. The third-order valence-electron chi connectivity index (χ3n) is 3.05. The number of hydrogen-bond donors (Lipinski definition) is 1. The summed E-state index contributed by atoms with van der Waals surface area (Å²) in [5, 5.41) is 0. The van der Waals surface area contributed by atoms with E-state index < -0.39 is 0 Å². The van der Waals surface area contributed by atoms with Crippen LogP contribution in [0.3, 0.4) is 0 Å². The molecule has 0 spiro atoms. The minimum absolute atomic E-state index is 0.337. The molecule has 0 fully saturated rings. The van der Waals surface area contributed by atoms with E-state index in [4.69, 9.17) is 5.73 Å². The van der Waals surface area contributed by atoms with Crippen molar-refractivity contribution >= 4 is 0 Å². The molecule has 0 amide bonds. The number of nitrogens with two attached hydrogens (primary N) is 1. The third-order valence-corrected chi connectivity index (χ3v) is 3.05. The Hall–Kier alpha value is -0.0800. The van der Waals surface area contributed by atoms with E-state index in [-0.39, 0.29) is 0 Å². The molecule has 2 nitrogen and oxygen atoms in total. The summed E-state index contributed by atoms with van der Waals surface area (Å²) in [5.74, 6) is 0.731. The summed E-state index contributed by atoms with van der Waals surface area (Å²) >= 11 is 0. The Kier molecular flexibility index (Phi) is 8.07. The van der Waals surface area contributed by atoms with Gasteiger partial charge in [-0.25, -0.2) is 0 Å². The van der Waals surface area contributed by atoms with Crippen LogP contribution < -0.4 is 5.73 Å². The number of nitrogens with zero attached hydrogens (tertiary/aromatic N) is 1. The van der Waals surface area contributed by atoms with Crippen molar-refractivity contribution in [2.75, 3.05) is 13.1 Å². The molecule has 0 aliphatic heterocycles. The van der Waals surface area contributed by atoms with E-state index in [0.717, 1.165) is 18.9 Å². The van der Waals surface area contributed by atoms with Crippen LogP contribution in [0.2, 0.25) is 0 Å². The molecule has 0 aliphatic rings. The summed E-state index contributed by atoms with van der Waals surface area (Å²) in [7, 11) is 0. The van der Waals surface area contributed by atoms with Gasteiger partial charge in [-0.2, -0.15) is 0 Å². The summed E-state index contributed by atoms with van der Waals surface area (Å²) < 4.78 is 0. The van der Waals surface area contributed by atoms with E-state index in [1.807, 2.05) is 0 Å². The minimum Gasteiger partial charge on any atom is -0.327 e. The zero-order valence-corrected chi connectivity index (χ0v) is 11.3. The van der Waals surface area contributed by atoms with Crippen LogP contribution in [0.15, 0.2) is 0 Å². The summed E-state index contributed by atoms with van der Waals surface area (Å²) in [4.78, 5) is 2.58. The molecule has 0 aromatic carbocycles. The van der Waals surface area contributed by atoms with Crippen LogP contribution in [0.25, 0.3) is 0 Å². The van der Waals surface area contributed by atoms with Crippen molar-refractivity contribution in [2.24, 2.45) is 11.7 Å². The van der Waals surface area contributed by atoms with E-state index >= 15 is 0 Å². The van der Waals surface area contributed by atoms with Crippen LogP contribution in [-0.4, -0.2) is 30.1 Å². The fourth-order valence-electron chi connectivity index (χ4n) is 2.08.